The lowest BCUT2D eigenvalue weighted by atomic mass is 10.3. The van der Waals surface area contributed by atoms with Gasteiger partial charge in [0.05, 0.1) is 0 Å². The Morgan fingerprint density at radius 2 is 2.21 bits per heavy atom. The number of halogens is 1. The minimum absolute atomic E-state index is 0.323. The average Bonchev–Trinajstić information content (AvgIpc) is 2.85. The molecule has 14 heavy (non-hydrogen) atoms. The molecule has 0 unspecified atom stereocenters. The largest absolute Gasteiger partial charge is 0.480 e. The van der Waals surface area contributed by atoms with Crippen molar-refractivity contribution in [2.75, 3.05) is 0 Å². The predicted molar refractivity (Wildman–Crippen MR) is 51.9 cm³/mol. The Kier molecular flexibility index (Phi) is 2.23. The van der Waals surface area contributed by atoms with Crippen LogP contribution >= 0.6 is 11.8 Å². The number of hydrogen-bond donors (Lipinski definition) is 1. The topological polar surface area (TPSA) is 37.3 Å². The molecule has 1 fully saturated rings. The van der Waals surface area contributed by atoms with Crippen LogP contribution in [0.2, 0.25) is 0 Å². The molecule has 0 radical (unpaired) electrons. The van der Waals surface area contributed by atoms with Gasteiger partial charge in [0.2, 0.25) is 0 Å². The third-order valence-electron chi connectivity index (χ3n) is 2.20. The SMILES string of the molecule is O=C(O)C1(Sc2cccc(F)c2)CC1. The molecule has 0 bridgehead atoms. The summed E-state index contributed by atoms with van der Waals surface area (Å²) in [5.41, 5.74) is 0. The molecule has 1 aliphatic carbocycles. The Morgan fingerprint density at radius 3 is 2.71 bits per heavy atom. The first-order chi connectivity index (χ1) is 6.62. The third kappa shape index (κ3) is 1.75. The molecule has 0 heterocycles. The zero-order valence-electron chi connectivity index (χ0n) is 7.37. The molecule has 0 saturated heterocycles. The summed E-state index contributed by atoms with van der Waals surface area (Å²) in [6, 6.07) is 6.05. The molecule has 1 N–H and O–H groups in total. The van der Waals surface area contributed by atoms with Gasteiger partial charge in [-0.2, -0.15) is 0 Å². The van der Waals surface area contributed by atoms with E-state index >= 15 is 0 Å². The van der Waals surface area contributed by atoms with Gasteiger partial charge in [-0.3, -0.25) is 4.79 Å². The van der Waals surface area contributed by atoms with Gasteiger partial charge in [0.25, 0.3) is 0 Å². The number of rotatable bonds is 3. The van der Waals surface area contributed by atoms with Crippen molar-refractivity contribution in [2.45, 2.75) is 22.5 Å². The van der Waals surface area contributed by atoms with Crippen LogP contribution in [0.3, 0.4) is 0 Å². The molecule has 1 saturated carbocycles. The molecular weight excluding hydrogens is 203 g/mol. The number of aliphatic carboxylic acids is 1. The van der Waals surface area contributed by atoms with E-state index in [0.29, 0.717) is 17.7 Å². The van der Waals surface area contributed by atoms with Crippen LogP contribution in [0.5, 0.6) is 0 Å². The summed E-state index contributed by atoms with van der Waals surface area (Å²) in [4.78, 5) is 11.5. The lowest BCUT2D eigenvalue weighted by Gasteiger charge is -2.08. The van der Waals surface area contributed by atoms with Crippen molar-refractivity contribution in [3.05, 3.63) is 30.1 Å². The maximum absolute atomic E-state index is 12.8. The van der Waals surface area contributed by atoms with Crippen molar-refractivity contribution in [1.82, 2.24) is 0 Å². The second kappa shape index (κ2) is 3.28. The Hall–Kier alpha value is -1.03. The lowest BCUT2D eigenvalue weighted by molar-refractivity contribution is -0.137. The van der Waals surface area contributed by atoms with E-state index in [2.05, 4.69) is 0 Å². The number of benzene rings is 1. The van der Waals surface area contributed by atoms with E-state index in [0.717, 1.165) is 0 Å². The van der Waals surface area contributed by atoms with Crippen LogP contribution in [0.25, 0.3) is 0 Å². The van der Waals surface area contributed by atoms with Crippen molar-refractivity contribution >= 4 is 17.7 Å². The van der Waals surface area contributed by atoms with Crippen molar-refractivity contribution in [1.29, 1.82) is 0 Å². The number of carbonyl (C=O) groups is 1. The van der Waals surface area contributed by atoms with Crippen LogP contribution in [0, 0.1) is 5.82 Å². The molecule has 1 aromatic rings. The minimum atomic E-state index is -0.799. The molecule has 0 aromatic heterocycles. The summed E-state index contributed by atoms with van der Waals surface area (Å²) < 4.78 is 12.1. The van der Waals surface area contributed by atoms with E-state index in [4.69, 9.17) is 5.11 Å². The van der Waals surface area contributed by atoms with Gasteiger partial charge in [0.1, 0.15) is 10.6 Å². The fraction of sp³-hybridized carbons (Fsp3) is 0.300. The maximum Gasteiger partial charge on any atom is 0.320 e. The maximum atomic E-state index is 12.8. The first kappa shape index (κ1) is 9.52. The summed E-state index contributed by atoms with van der Waals surface area (Å²) >= 11 is 1.24. The smallest absolute Gasteiger partial charge is 0.320 e. The highest BCUT2D eigenvalue weighted by atomic mass is 32.2. The van der Waals surface area contributed by atoms with Gasteiger partial charge in [0, 0.05) is 4.90 Å². The van der Waals surface area contributed by atoms with Crippen LogP contribution in [0.4, 0.5) is 4.39 Å². The zero-order valence-corrected chi connectivity index (χ0v) is 8.18. The number of thioether (sulfide) groups is 1. The molecule has 74 valence electrons. The molecule has 2 nitrogen and oxygen atoms in total. The molecule has 0 aliphatic heterocycles. The van der Waals surface area contributed by atoms with E-state index in [-0.39, 0.29) is 5.82 Å². The highest BCUT2D eigenvalue weighted by molar-refractivity contribution is 8.01. The predicted octanol–water partition coefficient (Wildman–Crippen LogP) is 2.54. The van der Waals surface area contributed by atoms with Crippen molar-refractivity contribution in [3.8, 4) is 0 Å². The average molecular weight is 212 g/mol. The first-order valence-corrected chi connectivity index (χ1v) is 5.12. The summed E-state index contributed by atoms with van der Waals surface area (Å²) in [6.07, 6.45) is 1.34. The molecule has 1 aliphatic rings. The quantitative estimate of drug-likeness (QED) is 0.836. The van der Waals surface area contributed by atoms with Gasteiger partial charge in [-0.1, -0.05) is 6.07 Å². The normalized spacial score (nSPS) is 17.8. The van der Waals surface area contributed by atoms with E-state index in [1.807, 2.05) is 0 Å². The standard InChI is InChI=1S/C10H9FO2S/c11-7-2-1-3-8(6-7)14-10(4-5-10)9(12)13/h1-3,6H,4-5H2,(H,12,13). The fourth-order valence-corrected chi connectivity index (χ4v) is 2.39. The Balaban J connectivity index is 2.15. The molecule has 1 aromatic carbocycles. The summed E-state index contributed by atoms with van der Waals surface area (Å²) in [5.74, 6) is -1.12. The van der Waals surface area contributed by atoms with Crippen LogP contribution in [-0.2, 0) is 4.79 Å². The van der Waals surface area contributed by atoms with Crippen LogP contribution in [0.15, 0.2) is 29.2 Å². The number of carboxylic acids is 1. The van der Waals surface area contributed by atoms with Crippen molar-refractivity contribution < 1.29 is 14.3 Å². The first-order valence-electron chi connectivity index (χ1n) is 4.30. The second-order valence-corrected chi connectivity index (χ2v) is 4.82. The fourth-order valence-electron chi connectivity index (χ4n) is 1.23. The van der Waals surface area contributed by atoms with Crippen LogP contribution in [-0.4, -0.2) is 15.8 Å². The van der Waals surface area contributed by atoms with Gasteiger partial charge in [-0.25, -0.2) is 4.39 Å². The van der Waals surface area contributed by atoms with Gasteiger partial charge >= 0.3 is 5.97 Å². The van der Waals surface area contributed by atoms with Crippen molar-refractivity contribution in [3.63, 3.8) is 0 Å². The van der Waals surface area contributed by atoms with Crippen LogP contribution in [0.1, 0.15) is 12.8 Å². The number of carboxylic acid groups (broad SMARTS) is 1. The highest BCUT2D eigenvalue weighted by Crippen LogP contribution is 2.51. The minimum Gasteiger partial charge on any atom is -0.480 e. The van der Waals surface area contributed by atoms with E-state index < -0.39 is 10.7 Å². The monoisotopic (exact) mass is 212 g/mol. The molecule has 2 rings (SSSR count). The Bertz CT molecular complexity index is 374. The van der Waals surface area contributed by atoms with E-state index in [9.17, 15) is 9.18 Å². The van der Waals surface area contributed by atoms with Crippen molar-refractivity contribution in [2.24, 2.45) is 0 Å². The Labute approximate surface area is 85.1 Å². The summed E-state index contributed by atoms with van der Waals surface area (Å²) in [5, 5.41) is 8.92. The van der Waals surface area contributed by atoms with Gasteiger partial charge in [0.15, 0.2) is 0 Å². The Morgan fingerprint density at radius 1 is 1.50 bits per heavy atom. The van der Waals surface area contributed by atoms with E-state index in [1.54, 1.807) is 12.1 Å². The van der Waals surface area contributed by atoms with Gasteiger partial charge in [-0.05, 0) is 31.0 Å². The summed E-state index contributed by atoms with van der Waals surface area (Å²) in [7, 11) is 0. The molecular formula is C10H9FO2S. The van der Waals surface area contributed by atoms with Gasteiger partial charge in [-0.15, -0.1) is 11.8 Å². The third-order valence-corrected chi connectivity index (χ3v) is 3.67. The highest BCUT2D eigenvalue weighted by Gasteiger charge is 2.51. The van der Waals surface area contributed by atoms with Gasteiger partial charge < -0.3 is 5.11 Å². The number of hydrogen-bond acceptors (Lipinski definition) is 2. The lowest BCUT2D eigenvalue weighted by Crippen LogP contribution is -2.17. The zero-order chi connectivity index (χ0) is 10.2. The molecule has 0 spiro atoms. The summed E-state index contributed by atoms with van der Waals surface area (Å²) in [6.45, 7) is 0. The van der Waals surface area contributed by atoms with Crippen LogP contribution < -0.4 is 0 Å². The van der Waals surface area contributed by atoms with E-state index in [1.165, 1.54) is 23.9 Å². The molecule has 0 amide bonds. The second-order valence-electron chi connectivity index (χ2n) is 3.36. The molecule has 4 heteroatoms. The molecule has 0 atom stereocenters.